The Morgan fingerprint density at radius 3 is 2.77 bits per heavy atom. The molecule has 0 spiro atoms. The van der Waals surface area contributed by atoms with E-state index in [2.05, 4.69) is 6.58 Å². The molecule has 1 aliphatic heterocycles. The Bertz CT molecular complexity index is 534. The smallest absolute Gasteiger partial charge is 0.411 e. The lowest BCUT2D eigenvalue weighted by Gasteiger charge is -2.26. The summed E-state index contributed by atoms with van der Waals surface area (Å²) in [6.07, 6.45) is 2.36. The molecular formula is C16H19NO4S. The molecule has 1 saturated heterocycles. The summed E-state index contributed by atoms with van der Waals surface area (Å²) in [5, 5.41) is 9.10. The molecule has 1 N–H and O–H groups in total. The highest BCUT2D eigenvalue weighted by atomic mass is 32.2. The zero-order valence-electron chi connectivity index (χ0n) is 12.2. The van der Waals surface area contributed by atoms with Crippen LogP contribution in [0.2, 0.25) is 0 Å². The number of benzene rings is 1. The highest BCUT2D eigenvalue weighted by Crippen LogP contribution is 2.33. The number of aryl methyl sites for hydroxylation is 1. The van der Waals surface area contributed by atoms with E-state index >= 15 is 0 Å². The molecular weight excluding hydrogens is 302 g/mol. The second-order valence-corrected chi connectivity index (χ2v) is 6.15. The monoisotopic (exact) mass is 321 g/mol. The van der Waals surface area contributed by atoms with Crippen LogP contribution in [-0.4, -0.2) is 45.8 Å². The Morgan fingerprint density at radius 1 is 1.41 bits per heavy atom. The van der Waals surface area contributed by atoms with Gasteiger partial charge < -0.3 is 9.84 Å². The van der Waals surface area contributed by atoms with Crippen LogP contribution in [0.25, 0.3) is 0 Å². The minimum Gasteiger partial charge on any atom is -0.480 e. The number of hydrogen-bond acceptors (Lipinski definition) is 4. The van der Waals surface area contributed by atoms with Crippen molar-refractivity contribution in [2.75, 3.05) is 12.4 Å². The zero-order valence-corrected chi connectivity index (χ0v) is 13.0. The molecule has 0 radical (unpaired) electrons. The van der Waals surface area contributed by atoms with Gasteiger partial charge in [0.25, 0.3) is 0 Å². The van der Waals surface area contributed by atoms with E-state index in [1.54, 1.807) is 0 Å². The molecule has 0 bridgehead atoms. The molecule has 1 aliphatic rings. The van der Waals surface area contributed by atoms with Crippen molar-refractivity contribution in [3.8, 4) is 0 Å². The fourth-order valence-electron chi connectivity index (χ4n) is 2.36. The standard InChI is InChI=1S/C16H19NO4S/c1-2-10-21-16(20)17-13(15(18)19)11-22-14(17)9-8-12-6-4-3-5-7-12/h2-7,13-14H,1,8-11H2,(H,18,19). The average molecular weight is 321 g/mol. The maximum absolute atomic E-state index is 12.1. The average Bonchev–Trinajstić information content (AvgIpc) is 2.96. The molecule has 118 valence electrons. The summed E-state index contributed by atoms with van der Waals surface area (Å²) >= 11 is 1.49. The van der Waals surface area contributed by atoms with Gasteiger partial charge in [-0.15, -0.1) is 11.8 Å². The van der Waals surface area contributed by atoms with Crippen molar-refractivity contribution in [2.45, 2.75) is 24.3 Å². The van der Waals surface area contributed by atoms with Gasteiger partial charge in [0, 0.05) is 5.75 Å². The molecule has 1 fully saturated rings. The quantitative estimate of drug-likeness (QED) is 0.816. The van der Waals surface area contributed by atoms with Crippen molar-refractivity contribution in [3.63, 3.8) is 0 Å². The van der Waals surface area contributed by atoms with E-state index in [1.165, 1.54) is 28.3 Å². The summed E-state index contributed by atoms with van der Waals surface area (Å²) in [6, 6.07) is 9.10. The first kappa shape index (κ1) is 16.4. The summed E-state index contributed by atoms with van der Waals surface area (Å²) in [5.41, 5.74) is 1.17. The molecule has 1 aromatic rings. The van der Waals surface area contributed by atoms with Gasteiger partial charge in [-0.2, -0.15) is 0 Å². The SMILES string of the molecule is C=CCOC(=O)N1C(CCc2ccccc2)SCC1C(=O)O. The molecule has 0 aliphatic carbocycles. The molecule has 0 aromatic heterocycles. The van der Waals surface area contributed by atoms with Gasteiger partial charge in [0.2, 0.25) is 0 Å². The van der Waals surface area contributed by atoms with Crippen LogP contribution < -0.4 is 0 Å². The van der Waals surface area contributed by atoms with Crippen LogP contribution in [0, 0.1) is 0 Å². The fourth-order valence-corrected chi connectivity index (χ4v) is 3.75. The number of rotatable bonds is 6. The number of carbonyl (C=O) groups is 2. The van der Waals surface area contributed by atoms with Crippen LogP contribution in [0.1, 0.15) is 12.0 Å². The maximum atomic E-state index is 12.1. The number of thioether (sulfide) groups is 1. The number of carboxylic acid groups (broad SMARTS) is 1. The van der Waals surface area contributed by atoms with Crippen LogP contribution in [0.15, 0.2) is 43.0 Å². The highest BCUT2D eigenvalue weighted by Gasteiger charge is 2.42. The largest absolute Gasteiger partial charge is 0.480 e. The summed E-state index contributed by atoms with van der Waals surface area (Å²) < 4.78 is 5.03. The van der Waals surface area contributed by atoms with Crippen molar-refractivity contribution in [2.24, 2.45) is 0 Å². The van der Waals surface area contributed by atoms with E-state index in [0.717, 1.165) is 6.42 Å². The van der Waals surface area contributed by atoms with Crippen LogP contribution in [0.3, 0.4) is 0 Å². The van der Waals surface area contributed by atoms with Gasteiger partial charge >= 0.3 is 12.1 Å². The molecule has 1 aromatic carbocycles. The highest BCUT2D eigenvalue weighted by molar-refractivity contribution is 8.00. The third-order valence-electron chi connectivity index (χ3n) is 3.44. The predicted molar refractivity (Wildman–Crippen MR) is 85.8 cm³/mol. The first-order valence-corrected chi connectivity index (χ1v) is 8.12. The maximum Gasteiger partial charge on any atom is 0.411 e. The first-order valence-electron chi connectivity index (χ1n) is 7.07. The van der Waals surface area contributed by atoms with Crippen LogP contribution in [0.4, 0.5) is 4.79 Å². The molecule has 0 saturated carbocycles. The van der Waals surface area contributed by atoms with Gasteiger partial charge in [-0.1, -0.05) is 43.0 Å². The van der Waals surface area contributed by atoms with E-state index in [1.807, 2.05) is 30.3 Å². The summed E-state index contributed by atoms with van der Waals surface area (Å²) in [4.78, 5) is 24.8. The van der Waals surface area contributed by atoms with E-state index in [4.69, 9.17) is 4.74 Å². The van der Waals surface area contributed by atoms with E-state index in [9.17, 15) is 14.7 Å². The lowest BCUT2D eigenvalue weighted by molar-refractivity contribution is -0.141. The number of ether oxygens (including phenoxy) is 1. The van der Waals surface area contributed by atoms with Gasteiger partial charge in [0.15, 0.2) is 0 Å². The second kappa shape index (κ2) is 7.89. The number of carboxylic acids is 1. The number of aliphatic carboxylic acids is 1. The molecule has 2 atom stereocenters. The summed E-state index contributed by atoms with van der Waals surface area (Å²) in [7, 11) is 0. The molecule has 2 rings (SSSR count). The molecule has 5 nitrogen and oxygen atoms in total. The minimum atomic E-state index is -0.995. The van der Waals surface area contributed by atoms with Crippen molar-refractivity contribution >= 4 is 23.8 Å². The Balaban J connectivity index is 2.02. The first-order chi connectivity index (χ1) is 10.6. The molecule has 1 heterocycles. The molecule has 1 amide bonds. The Labute approximate surface area is 133 Å². The fraction of sp³-hybridized carbons (Fsp3) is 0.375. The molecule has 22 heavy (non-hydrogen) atoms. The van der Waals surface area contributed by atoms with Crippen molar-refractivity contribution in [1.29, 1.82) is 0 Å². The third-order valence-corrected chi connectivity index (χ3v) is 4.79. The van der Waals surface area contributed by atoms with E-state index in [0.29, 0.717) is 12.2 Å². The third kappa shape index (κ3) is 4.04. The second-order valence-electron chi connectivity index (χ2n) is 4.94. The van der Waals surface area contributed by atoms with Crippen LogP contribution in [-0.2, 0) is 16.0 Å². The number of carbonyl (C=O) groups excluding carboxylic acids is 1. The number of amides is 1. The Hall–Kier alpha value is -1.95. The summed E-state index contributed by atoms with van der Waals surface area (Å²) in [5.74, 6) is -0.608. The summed E-state index contributed by atoms with van der Waals surface area (Å²) in [6.45, 7) is 3.57. The lowest BCUT2D eigenvalue weighted by Crippen LogP contribution is -2.46. The van der Waals surface area contributed by atoms with Gasteiger partial charge in [-0.25, -0.2) is 9.59 Å². The molecule has 6 heteroatoms. The lowest BCUT2D eigenvalue weighted by atomic mass is 10.1. The predicted octanol–water partition coefficient (Wildman–Crippen LogP) is 2.77. The van der Waals surface area contributed by atoms with E-state index in [-0.39, 0.29) is 12.0 Å². The molecule has 2 unspecified atom stereocenters. The van der Waals surface area contributed by atoms with Gasteiger partial charge in [0.1, 0.15) is 12.6 Å². The number of nitrogens with zero attached hydrogens (tertiary/aromatic N) is 1. The topological polar surface area (TPSA) is 66.8 Å². The Morgan fingerprint density at radius 2 is 2.14 bits per heavy atom. The van der Waals surface area contributed by atoms with Crippen LogP contribution in [0.5, 0.6) is 0 Å². The van der Waals surface area contributed by atoms with Crippen LogP contribution >= 0.6 is 11.8 Å². The minimum absolute atomic E-state index is 0.0811. The zero-order chi connectivity index (χ0) is 15.9. The van der Waals surface area contributed by atoms with E-state index < -0.39 is 18.1 Å². The van der Waals surface area contributed by atoms with Crippen molar-refractivity contribution < 1.29 is 19.4 Å². The van der Waals surface area contributed by atoms with Crippen molar-refractivity contribution in [3.05, 3.63) is 48.6 Å². The van der Waals surface area contributed by atoms with Gasteiger partial charge in [-0.3, -0.25) is 4.90 Å². The Kier molecular flexibility index (Phi) is 5.89. The van der Waals surface area contributed by atoms with Gasteiger partial charge in [-0.05, 0) is 18.4 Å². The number of hydrogen-bond donors (Lipinski definition) is 1. The normalized spacial score (nSPS) is 20.6. The van der Waals surface area contributed by atoms with Crippen molar-refractivity contribution in [1.82, 2.24) is 4.90 Å². The van der Waals surface area contributed by atoms with Gasteiger partial charge in [0.05, 0.1) is 5.37 Å².